The molecule has 6 nitrogen and oxygen atoms in total. The van der Waals surface area contributed by atoms with Crippen molar-refractivity contribution in [1.82, 2.24) is 4.98 Å². The van der Waals surface area contributed by atoms with Crippen LogP contribution in [0.3, 0.4) is 0 Å². The van der Waals surface area contributed by atoms with E-state index in [4.69, 9.17) is 25.8 Å². The molecule has 2 aromatic rings. The molecule has 0 aliphatic heterocycles. The van der Waals surface area contributed by atoms with E-state index in [1.54, 1.807) is 12.1 Å². The van der Waals surface area contributed by atoms with Gasteiger partial charge in [0.2, 0.25) is 0 Å². The Balaban J connectivity index is 2.26. The lowest BCUT2D eigenvalue weighted by atomic mass is 10.2. The minimum absolute atomic E-state index is 0.0256. The van der Waals surface area contributed by atoms with E-state index in [0.717, 1.165) is 6.07 Å². The van der Waals surface area contributed by atoms with E-state index >= 15 is 0 Å². The number of hydrazone groups is 1. The summed E-state index contributed by atoms with van der Waals surface area (Å²) in [5.74, 6) is 1.36. The fourth-order valence-electron chi connectivity index (χ4n) is 1.99. The molecule has 10 heteroatoms. The minimum Gasteiger partial charge on any atom is -0.496 e. The third kappa shape index (κ3) is 4.48. The summed E-state index contributed by atoms with van der Waals surface area (Å²) in [5.41, 5.74) is 2.03. The number of benzene rings is 1. The van der Waals surface area contributed by atoms with E-state index in [1.165, 1.54) is 27.5 Å². The molecule has 1 heterocycles. The second-order valence-electron chi connectivity index (χ2n) is 4.87. The SMILES string of the molecule is COc1cc(OC)c(/C=N\Nc2ncc(C(F)(F)F)cc2Cl)c(OC)c1. The van der Waals surface area contributed by atoms with Crippen LogP contribution in [0.5, 0.6) is 17.2 Å². The number of aromatic nitrogens is 1. The molecule has 26 heavy (non-hydrogen) atoms. The lowest BCUT2D eigenvalue weighted by Crippen LogP contribution is -2.06. The fourth-order valence-corrected chi connectivity index (χ4v) is 2.20. The first-order chi connectivity index (χ1) is 12.3. The highest BCUT2D eigenvalue weighted by Crippen LogP contribution is 2.34. The fraction of sp³-hybridized carbons (Fsp3) is 0.250. The highest BCUT2D eigenvalue weighted by Gasteiger charge is 2.31. The van der Waals surface area contributed by atoms with Gasteiger partial charge in [-0.1, -0.05) is 11.6 Å². The average molecular weight is 390 g/mol. The van der Waals surface area contributed by atoms with Gasteiger partial charge in [-0.15, -0.1) is 0 Å². The molecule has 1 aromatic heterocycles. The summed E-state index contributed by atoms with van der Waals surface area (Å²) in [6.07, 6.45) is -2.49. The summed E-state index contributed by atoms with van der Waals surface area (Å²) in [4.78, 5) is 3.63. The number of anilines is 1. The van der Waals surface area contributed by atoms with Crippen LogP contribution in [0.4, 0.5) is 19.0 Å². The van der Waals surface area contributed by atoms with Gasteiger partial charge in [0.25, 0.3) is 0 Å². The monoisotopic (exact) mass is 389 g/mol. The van der Waals surface area contributed by atoms with Crippen molar-refractivity contribution in [1.29, 1.82) is 0 Å². The molecule has 0 amide bonds. The van der Waals surface area contributed by atoms with Gasteiger partial charge in [0.05, 0.1) is 43.7 Å². The lowest BCUT2D eigenvalue weighted by Gasteiger charge is -2.12. The second kappa shape index (κ2) is 8.13. The van der Waals surface area contributed by atoms with E-state index in [1.807, 2.05) is 0 Å². The highest BCUT2D eigenvalue weighted by atomic mass is 35.5. The molecule has 0 bridgehead atoms. The summed E-state index contributed by atoms with van der Waals surface area (Å²) in [5, 5.41) is 3.72. The van der Waals surface area contributed by atoms with E-state index in [2.05, 4.69) is 15.5 Å². The van der Waals surface area contributed by atoms with Gasteiger partial charge in [0.15, 0.2) is 5.82 Å². The Morgan fingerprint density at radius 1 is 1.08 bits per heavy atom. The van der Waals surface area contributed by atoms with Crippen molar-refractivity contribution in [3.8, 4) is 17.2 Å². The van der Waals surface area contributed by atoms with E-state index in [0.29, 0.717) is 29.0 Å². The van der Waals surface area contributed by atoms with Crippen LogP contribution in [0.1, 0.15) is 11.1 Å². The second-order valence-corrected chi connectivity index (χ2v) is 5.27. The van der Waals surface area contributed by atoms with Gasteiger partial charge in [0, 0.05) is 18.3 Å². The summed E-state index contributed by atoms with van der Waals surface area (Å²) in [6, 6.07) is 4.03. The van der Waals surface area contributed by atoms with Gasteiger partial charge >= 0.3 is 6.18 Å². The Bertz CT molecular complexity index is 788. The normalized spacial score (nSPS) is 11.5. The number of nitrogens with one attached hydrogen (secondary N) is 1. The zero-order valence-corrected chi connectivity index (χ0v) is 14.8. The van der Waals surface area contributed by atoms with Crippen LogP contribution in [0.25, 0.3) is 0 Å². The molecule has 1 N–H and O–H groups in total. The molecule has 0 aliphatic rings. The number of halogens is 4. The molecule has 1 aromatic carbocycles. The molecule has 0 radical (unpaired) electrons. The summed E-state index contributed by atoms with van der Waals surface area (Å²) in [7, 11) is 4.43. The number of hydrogen-bond donors (Lipinski definition) is 1. The minimum atomic E-state index is -4.53. The standard InChI is InChI=1S/C16H15ClF3N3O3/c1-24-10-5-13(25-2)11(14(6-10)26-3)8-22-23-15-12(17)4-9(7-21-15)16(18,19)20/h4-8H,1-3H3,(H,21,23)/b22-8-. The quantitative estimate of drug-likeness (QED) is 0.591. The third-order valence-electron chi connectivity index (χ3n) is 3.29. The largest absolute Gasteiger partial charge is 0.496 e. The Hall–Kier alpha value is -2.68. The first-order valence-corrected chi connectivity index (χ1v) is 7.49. The molecule has 0 spiro atoms. The number of nitrogens with zero attached hydrogens (tertiary/aromatic N) is 2. The maximum absolute atomic E-state index is 12.6. The van der Waals surface area contributed by atoms with Crippen LogP contribution >= 0.6 is 11.6 Å². The zero-order chi connectivity index (χ0) is 19.3. The number of pyridine rings is 1. The van der Waals surface area contributed by atoms with E-state index < -0.39 is 11.7 Å². The molecule has 140 valence electrons. The predicted octanol–water partition coefficient (Wildman–Crippen LogP) is 4.23. The van der Waals surface area contributed by atoms with Crippen molar-refractivity contribution in [2.45, 2.75) is 6.18 Å². The molecule has 2 rings (SSSR count). The first kappa shape index (κ1) is 19.6. The maximum atomic E-state index is 12.6. The van der Waals surface area contributed by atoms with Crippen molar-refractivity contribution >= 4 is 23.6 Å². The molecule has 0 fully saturated rings. The molecular weight excluding hydrogens is 375 g/mol. The maximum Gasteiger partial charge on any atom is 0.417 e. The lowest BCUT2D eigenvalue weighted by molar-refractivity contribution is -0.137. The van der Waals surface area contributed by atoms with E-state index in [-0.39, 0.29) is 10.8 Å². The van der Waals surface area contributed by atoms with Gasteiger partial charge in [0.1, 0.15) is 17.2 Å². The van der Waals surface area contributed by atoms with Crippen LogP contribution in [0.2, 0.25) is 5.02 Å². The van der Waals surface area contributed by atoms with Crippen molar-refractivity contribution in [3.05, 3.63) is 40.5 Å². The molecule has 0 aliphatic carbocycles. The average Bonchev–Trinajstić information content (AvgIpc) is 2.61. The molecule has 0 saturated heterocycles. The van der Waals surface area contributed by atoms with Crippen LogP contribution < -0.4 is 19.6 Å². The van der Waals surface area contributed by atoms with Crippen molar-refractivity contribution in [3.63, 3.8) is 0 Å². The van der Waals surface area contributed by atoms with Crippen molar-refractivity contribution in [2.75, 3.05) is 26.8 Å². The Morgan fingerprint density at radius 3 is 2.15 bits per heavy atom. The molecule has 0 unspecified atom stereocenters. The number of hydrogen-bond acceptors (Lipinski definition) is 6. The summed E-state index contributed by atoms with van der Waals surface area (Å²) < 4.78 is 53.5. The van der Waals surface area contributed by atoms with Gasteiger partial charge < -0.3 is 14.2 Å². The Kier molecular flexibility index (Phi) is 6.14. The van der Waals surface area contributed by atoms with E-state index in [9.17, 15) is 13.2 Å². The molecule has 0 atom stereocenters. The van der Waals surface area contributed by atoms with Crippen LogP contribution in [0, 0.1) is 0 Å². The van der Waals surface area contributed by atoms with Gasteiger partial charge in [-0.3, -0.25) is 5.43 Å². The Morgan fingerprint density at radius 2 is 1.69 bits per heavy atom. The smallest absolute Gasteiger partial charge is 0.417 e. The van der Waals surface area contributed by atoms with Gasteiger partial charge in [-0.2, -0.15) is 18.3 Å². The van der Waals surface area contributed by atoms with Crippen molar-refractivity contribution in [2.24, 2.45) is 5.10 Å². The van der Waals surface area contributed by atoms with Crippen molar-refractivity contribution < 1.29 is 27.4 Å². The zero-order valence-electron chi connectivity index (χ0n) is 14.0. The van der Waals surface area contributed by atoms with Gasteiger partial charge in [-0.05, 0) is 6.07 Å². The van der Waals surface area contributed by atoms with Gasteiger partial charge in [-0.25, -0.2) is 4.98 Å². The molecule has 0 saturated carbocycles. The highest BCUT2D eigenvalue weighted by molar-refractivity contribution is 6.32. The summed E-state index contributed by atoms with van der Waals surface area (Å²) >= 11 is 5.81. The Labute approximate surface area is 152 Å². The van der Waals surface area contributed by atoms with Crippen LogP contribution in [-0.4, -0.2) is 32.5 Å². The summed E-state index contributed by atoms with van der Waals surface area (Å²) in [6.45, 7) is 0. The molecular formula is C16H15ClF3N3O3. The number of rotatable bonds is 6. The van der Waals surface area contributed by atoms with Crippen LogP contribution in [0.15, 0.2) is 29.5 Å². The third-order valence-corrected chi connectivity index (χ3v) is 3.57. The predicted molar refractivity (Wildman–Crippen MR) is 91.6 cm³/mol. The number of ether oxygens (including phenoxy) is 3. The van der Waals surface area contributed by atoms with Crippen LogP contribution in [-0.2, 0) is 6.18 Å². The number of methoxy groups -OCH3 is 3. The first-order valence-electron chi connectivity index (χ1n) is 7.12. The topological polar surface area (TPSA) is 65.0 Å². The number of alkyl halides is 3.